The van der Waals surface area contributed by atoms with Crippen LogP contribution < -0.4 is 11.1 Å². The fourth-order valence-electron chi connectivity index (χ4n) is 0.391. The van der Waals surface area contributed by atoms with E-state index in [0.29, 0.717) is 6.01 Å². The third kappa shape index (κ3) is 1.69. The second-order valence-corrected chi connectivity index (χ2v) is 1.77. The molecule has 0 saturated heterocycles. The Labute approximate surface area is 57.1 Å². The van der Waals surface area contributed by atoms with Crippen LogP contribution in [-0.4, -0.2) is 10.1 Å². The number of anilines is 1. The van der Waals surface area contributed by atoms with Gasteiger partial charge in [0.1, 0.15) is 6.26 Å². The van der Waals surface area contributed by atoms with E-state index in [0.717, 1.165) is 0 Å². The first-order chi connectivity index (χ1) is 4.29. The summed E-state index contributed by atoms with van der Waals surface area (Å²) in [6.07, 6.45) is 2.93. The minimum absolute atomic E-state index is 0.150. The number of aromatic nitrogens is 1. The number of nitrogens with two attached hydrogens (primary N) is 1. The van der Waals surface area contributed by atoms with E-state index in [1.165, 1.54) is 12.5 Å². The number of nitrogens with one attached hydrogen (secondary N) is 1. The zero-order valence-corrected chi connectivity index (χ0v) is 5.31. The third-order valence-corrected chi connectivity index (χ3v) is 0.765. The van der Waals surface area contributed by atoms with Crippen molar-refractivity contribution in [1.82, 2.24) is 4.98 Å². The van der Waals surface area contributed by atoms with E-state index in [4.69, 9.17) is 10.2 Å². The lowest BCUT2D eigenvalue weighted by Gasteiger charge is -1.93. The summed E-state index contributed by atoms with van der Waals surface area (Å²) in [4.78, 5) is 3.71. The van der Waals surface area contributed by atoms with Gasteiger partial charge in [0.2, 0.25) is 0 Å². The lowest BCUT2D eigenvalue weighted by Crippen LogP contribution is -2.18. The Bertz CT molecular complexity index is 196. The molecule has 1 heterocycles. The largest absolute Gasteiger partial charge is 0.432 e. The lowest BCUT2D eigenvalue weighted by molar-refractivity contribution is 0.579. The molecule has 0 aliphatic carbocycles. The van der Waals surface area contributed by atoms with Gasteiger partial charge in [0.25, 0.3) is 0 Å². The van der Waals surface area contributed by atoms with Crippen LogP contribution in [0.15, 0.2) is 16.9 Å². The zero-order chi connectivity index (χ0) is 6.69. The fourth-order valence-corrected chi connectivity index (χ4v) is 0.478. The monoisotopic (exact) mass is 143 g/mol. The van der Waals surface area contributed by atoms with Crippen LogP contribution >= 0.6 is 12.2 Å². The summed E-state index contributed by atoms with van der Waals surface area (Å²) in [7, 11) is 0. The van der Waals surface area contributed by atoms with Crippen LogP contribution in [0.3, 0.4) is 0 Å². The molecule has 0 unspecified atom stereocenters. The first kappa shape index (κ1) is 6.03. The van der Waals surface area contributed by atoms with Crippen molar-refractivity contribution in [2.75, 3.05) is 5.32 Å². The van der Waals surface area contributed by atoms with E-state index >= 15 is 0 Å². The van der Waals surface area contributed by atoms with Crippen molar-refractivity contribution in [1.29, 1.82) is 0 Å². The van der Waals surface area contributed by atoms with Crippen molar-refractivity contribution in [2.24, 2.45) is 5.73 Å². The van der Waals surface area contributed by atoms with Crippen LogP contribution in [0.4, 0.5) is 6.01 Å². The highest BCUT2D eigenvalue weighted by atomic mass is 32.1. The van der Waals surface area contributed by atoms with Crippen LogP contribution in [-0.2, 0) is 0 Å². The van der Waals surface area contributed by atoms with E-state index < -0.39 is 0 Å². The summed E-state index contributed by atoms with van der Waals surface area (Å²) in [5, 5.41) is 2.67. The van der Waals surface area contributed by atoms with Crippen molar-refractivity contribution in [3.05, 3.63) is 12.5 Å². The van der Waals surface area contributed by atoms with Crippen molar-refractivity contribution in [3.8, 4) is 0 Å². The van der Waals surface area contributed by atoms with E-state index in [1.54, 1.807) is 0 Å². The van der Waals surface area contributed by atoms with Gasteiger partial charge in [-0.2, -0.15) is 0 Å². The number of hydrogen-bond donors (Lipinski definition) is 2. The van der Waals surface area contributed by atoms with Crippen LogP contribution in [0.5, 0.6) is 0 Å². The molecule has 1 aromatic rings. The second kappa shape index (κ2) is 2.45. The maximum Gasteiger partial charge on any atom is 0.300 e. The topological polar surface area (TPSA) is 64.1 Å². The number of nitrogens with zero attached hydrogens (tertiary/aromatic N) is 1. The van der Waals surface area contributed by atoms with Gasteiger partial charge in [-0.25, -0.2) is 4.98 Å². The van der Waals surface area contributed by atoms with Crippen LogP contribution in [0.25, 0.3) is 0 Å². The first-order valence-corrected chi connectivity index (χ1v) is 2.66. The van der Waals surface area contributed by atoms with Crippen molar-refractivity contribution in [3.63, 3.8) is 0 Å². The summed E-state index contributed by atoms with van der Waals surface area (Å²) in [6.45, 7) is 0. The molecule has 4 nitrogen and oxygen atoms in total. The van der Waals surface area contributed by atoms with Gasteiger partial charge in [-0.1, -0.05) is 0 Å². The highest BCUT2D eigenvalue weighted by molar-refractivity contribution is 7.80. The van der Waals surface area contributed by atoms with Gasteiger partial charge in [-0.3, -0.25) is 5.32 Å². The molecule has 0 aliphatic heterocycles. The zero-order valence-electron chi connectivity index (χ0n) is 4.50. The quantitative estimate of drug-likeness (QED) is 0.555. The summed E-state index contributed by atoms with van der Waals surface area (Å²) in [5.74, 6) is 0. The van der Waals surface area contributed by atoms with Gasteiger partial charge in [-0.05, 0) is 12.2 Å². The van der Waals surface area contributed by atoms with Gasteiger partial charge >= 0.3 is 6.01 Å². The Morgan fingerprint density at radius 2 is 2.67 bits per heavy atom. The molecule has 1 rings (SSSR count). The number of hydrogen-bond acceptors (Lipinski definition) is 3. The van der Waals surface area contributed by atoms with E-state index in [9.17, 15) is 0 Å². The molecule has 0 amide bonds. The maximum atomic E-state index is 5.10. The predicted molar refractivity (Wildman–Crippen MR) is 36.9 cm³/mol. The third-order valence-electron chi connectivity index (χ3n) is 0.662. The number of rotatable bonds is 1. The molecule has 1 aromatic heterocycles. The number of oxazole rings is 1. The molecule has 48 valence electrons. The maximum absolute atomic E-state index is 5.10. The summed E-state index contributed by atoms with van der Waals surface area (Å²) < 4.78 is 4.75. The average Bonchev–Trinajstić information content (AvgIpc) is 2.15. The normalized spacial score (nSPS) is 8.89. The molecule has 0 fully saturated rings. The minimum atomic E-state index is 0.150. The average molecular weight is 143 g/mol. The SMILES string of the molecule is NC(=S)Nc1ncco1. The van der Waals surface area contributed by atoms with E-state index in [-0.39, 0.29) is 5.11 Å². The molecule has 5 heteroatoms. The molecular formula is C4H5N3OS. The molecule has 0 aromatic carbocycles. The standard InChI is InChI=1S/C4H5N3OS/c5-3(9)7-4-6-1-2-8-4/h1-2H,(H3,5,6,7,9). The Hall–Kier alpha value is -1.10. The summed E-state index contributed by atoms with van der Waals surface area (Å²) in [5.41, 5.74) is 5.10. The molecule has 0 spiro atoms. The summed E-state index contributed by atoms with van der Waals surface area (Å²) >= 11 is 4.51. The predicted octanol–water partition coefficient (Wildman–Crippen LogP) is 0.330. The van der Waals surface area contributed by atoms with Crippen molar-refractivity contribution in [2.45, 2.75) is 0 Å². The Morgan fingerprint density at radius 3 is 3.11 bits per heavy atom. The highest BCUT2D eigenvalue weighted by Gasteiger charge is 1.93. The van der Waals surface area contributed by atoms with E-state index in [1.807, 2.05) is 0 Å². The second-order valence-electron chi connectivity index (χ2n) is 1.33. The van der Waals surface area contributed by atoms with Gasteiger partial charge in [0.05, 0.1) is 6.20 Å². The van der Waals surface area contributed by atoms with Crippen LogP contribution in [0, 0.1) is 0 Å². The molecule has 9 heavy (non-hydrogen) atoms. The minimum Gasteiger partial charge on any atom is -0.432 e. The van der Waals surface area contributed by atoms with Gasteiger partial charge in [0, 0.05) is 0 Å². The Balaban J connectivity index is 2.58. The highest BCUT2D eigenvalue weighted by Crippen LogP contribution is 1.98. The molecule has 0 aliphatic rings. The van der Waals surface area contributed by atoms with Gasteiger partial charge < -0.3 is 10.2 Å². The molecule has 0 radical (unpaired) electrons. The van der Waals surface area contributed by atoms with Crippen LogP contribution in [0.1, 0.15) is 0 Å². The molecule has 0 bridgehead atoms. The Morgan fingerprint density at radius 1 is 1.89 bits per heavy atom. The van der Waals surface area contributed by atoms with E-state index in [2.05, 4.69) is 22.5 Å². The Kier molecular flexibility index (Phi) is 1.64. The molecular weight excluding hydrogens is 138 g/mol. The summed E-state index contributed by atoms with van der Waals surface area (Å²) in [6, 6.07) is 0.322. The molecule has 0 atom stereocenters. The number of thiocarbonyl (C=S) groups is 1. The van der Waals surface area contributed by atoms with Crippen molar-refractivity contribution < 1.29 is 4.42 Å². The van der Waals surface area contributed by atoms with Crippen molar-refractivity contribution >= 4 is 23.3 Å². The van der Waals surface area contributed by atoms with Crippen LogP contribution in [0.2, 0.25) is 0 Å². The molecule has 3 N–H and O–H groups in total. The van der Waals surface area contributed by atoms with Gasteiger partial charge in [0.15, 0.2) is 5.11 Å². The van der Waals surface area contributed by atoms with Gasteiger partial charge in [-0.15, -0.1) is 0 Å². The fraction of sp³-hybridized carbons (Fsp3) is 0. The first-order valence-electron chi connectivity index (χ1n) is 2.25. The lowest BCUT2D eigenvalue weighted by atomic mass is 11.0. The molecule has 0 saturated carbocycles. The smallest absolute Gasteiger partial charge is 0.300 e.